The maximum Gasteiger partial charge on any atom is 0.417 e. The van der Waals surface area contributed by atoms with Gasteiger partial charge in [-0.25, -0.2) is 0 Å². The maximum atomic E-state index is 12.8. The average Bonchev–Trinajstić information content (AvgIpc) is 2.42. The third kappa shape index (κ3) is 4.10. The molecule has 7 heteroatoms. The van der Waals surface area contributed by atoms with Gasteiger partial charge in [0.2, 0.25) is 0 Å². The number of rotatable bonds is 3. The molecule has 1 fully saturated rings. The zero-order valence-corrected chi connectivity index (χ0v) is 12.3. The van der Waals surface area contributed by atoms with Crippen molar-refractivity contribution in [1.82, 2.24) is 4.90 Å². The van der Waals surface area contributed by atoms with E-state index in [0.29, 0.717) is 25.3 Å². The zero-order valence-electron chi connectivity index (χ0n) is 11.5. The number of nitrogens with zero attached hydrogens (tertiary/aromatic N) is 1. The Balaban J connectivity index is 2.15. The van der Waals surface area contributed by atoms with E-state index in [-0.39, 0.29) is 23.8 Å². The SMILES string of the molecule is CC1COC(CO)CN1Cc1ccc(Cl)c(C(F)(F)F)c1. The summed E-state index contributed by atoms with van der Waals surface area (Å²) in [6.45, 7) is 3.14. The zero-order chi connectivity index (χ0) is 15.6. The number of benzene rings is 1. The van der Waals surface area contributed by atoms with E-state index >= 15 is 0 Å². The first kappa shape index (κ1) is 16.5. The molecule has 1 heterocycles. The highest BCUT2D eigenvalue weighted by Gasteiger charge is 2.33. The molecule has 1 N–H and O–H groups in total. The lowest BCUT2D eigenvalue weighted by atomic mass is 10.1. The van der Waals surface area contributed by atoms with Gasteiger partial charge in [0.05, 0.1) is 29.9 Å². The molecular weight excluding hydrogens is 307 g/mol. The normalized spacial score (nSPS) is 24.3. The van der Waals surface area contributed by atoms with Crippen molar-refractivity contribution in [1.29, 1.82) is 0 Å². The molecule has 3 nitrogen and oxygen atoms in total. The van der Waals surface area contributed by atoms with Gasteiger partial charge in [-0.15, -0.1) is 0 Å². The van der Waals surface area contributed by atoms with Gasteiger partial charge in [-0.2, -0.15) is 13.2 Å². The van der Waals surface area contributed by atoms with Crippen LogP contribution in [0.5, 0.6) is 0 Å². The fraction of sp³-hybridized carbons (Fsp3) is 0.571. The van der Waals surface area contributed by atoms with Crippen LogP contribution in [0.2, 0.25) is 5.02 Å². The molecule has 0 bridgehead atoms. The van der Waals surface area contributed by atoms with E-state index in [1.54, 1.807) is 6.07 Å². The van der Waals surface area contributed by atoms with E-state index in [9.17, 15) is 13.2 Å². The summed E-state index contributed by atoms with van der Waals surface area (Å²) in [4.78, 5) is 1.99. The number of alkyl halides is 3. The lowest BCUT2D eigenvalue weighted by Crippen LogP contribution is -2.48. The highest BCUT2D eigenvalue weighted by molar-refractivity contribution is 6.31. The topological polar surface area (TPSA) is 32.7 Å². The molecule has 1 aliphatic rings. The molecule has 118 valence electrons. The van der Waals surface area contributed by atoms with Crippen molar-refractivity contribution in [2.75, 3.05) is 19.8 Å². The molecule has 1 aromatic carbocycles. The first-order valence-electron chi connectivity index (χ1n) is 6.63. The molecule has 2 atom stereocenters. The second-order valence-corrected chi connectivity index (χ2v) is 5.64. The van der Waals surface area contributed by atoms with Crippen molar-refractivity contribution in [3.05, 3.63) is 34.3 Å². The van der Waals surface area contributed by atoms with Crippen LogP contribution in [-0.4, -0.2) is 41.9 Å². The molecule has 1 aliphatic heterocycles. The molecule has 1 saturated heterocycles. The highest BCUT2D eigenvalue weighted by atomic mass is 35.5. The van der Waals surface area contributed by atoms with Gasteiger partial charge in [0.1, 0.15) is 0 Å². The van der Waals surface area contributed by atoms with Crippen LogP contribution in [-0.2, 0) is 17.5 Å². The fourth-order valence-corrected chi connectivity index (χ4v) is 2.55. The van der Waals surface area contributed by atoms with E-state index in [4.69, 9.17) is 21.4 Å². The molecule has 2 rings (SSSR count). The summed E-state index contributed by atoms with van der Waals surface area (Å²) in [6, 6.07) is 4.03. The third-order valence-corrected chi connectivity index (χ3v) is 3.89. The average molecular weight is 324 g/mol. The van der Waals surface area contributed by atoms with Crippen molar-refractivity contribution < 1.29 is 23.0 Å². The highest BCUT2D eigenvalue weighted by Crippen LogP contribution is 2.35. The lowest BCUT2D eigenvalue weighted by Gasteiger charge is -2.37. The Morgan fingerprint density at radius 2 is 2.14 bits per heavy atom. The van der Waals surface area contributed by atoms with E-state index < -0.39 is 11.7 Å². The van der Waals surface area contributed by atoms with Gasteiger partial charge in [0.15, 0.2) is 0 Å². The standard InChI is InChI=1S/C14H17ClF3NO2/c1-9-8-21-11(7-20)6-19(9)5-10-2-3-13(15)12(4-10)14(16,17)18/h2-4,9,11,20H,5-8H2,1H3. The second kappa shape index (κ2) is 6.52. The minimum Gasteiger partial charge on any atom is -0.394 e. The smallest absolute Gasteiger partial charge is 0.394 e. The van der Waals surface area contributed by atoms with Gasteiger partial charge in [-0.3, -0.25) is 4.90 Å². The van der Waals surface area contributed by atoms with E-state index in [1.807, 2.05) is 11.8 Å². The summed E-state index contributed by atoms with van der Waals surface area (Å²) < 4.78 is 44.0. The van der Waals surface area contributed by atoms with E-state index in [2.05, 4.69) is 0 Å². The Hall–Kier alpha value is -0.820. The molecule has 0 radical (unpaired) electrons. The van der Waals surface area contributed by atoms with Crippen LogP contribution < -0.4 is 0 Å². The van der Waals surface area contributed by atoms with Crippen molar-refractivity contribution in [2.45, 2.75) is 31.8 Å². The van der Waals surface area contributed by atoms with E-state index in [1.165, 1.54) is 6.07 Å². The Labute approximate surface area is 126 Å². The predicted molar refractivity (Wildman–Crippen MR) is 73.2 cm³/mol. The van der Waals surface area contributed by atoms with Crippen LogP contribution in [0.25, 0.3) is 0 Å². The van der Waals surface area contributed by atoms with E-state index in [0.717, 1.165) is 6.07 Å². The molecule has 0 amide bonds. The number of morpholine rings is 1. The molecular formula is C14H17ClF3NO2. The largest absolute Gasteiger partial charge is 0.417 e. The summed E-state index contributed by atoms with van der Waals surface area (Å²) >= 11 is 5.61. The molecule has 0 saturated carbocycles. The minimum atomic E-state index is -4.46. The monoisotopic (exact) mass is 323 g/mol. The minimum absolute atomic E-state index is 0.0813. The van der Waals surface area contributed by atoms with Gasteiger partial charge >= 0.3 is 6.18 Å². The van der Waals surface area contributed by atoms with Gasteiger partial charge in [-0.05, 0) is 24.6 Å². The predicted octanol–water partition coefficient (Wildman–Crippen LogP) is 2.94. The first-order valence-corrected chi connectivity index (χ1v) is 7.01. The number of aliphatic hydroxyl groups is 1. The van der Waals surface area contributed by atoms with Crippen molar-refractivity contribution in [3.8, 4) is 0 Å². The van der Waals surface area contributed by atoms with Crippen LogP contribution in [0.15, 0.2) is 18.2 Å². The molecule has 0 aromatic heterocycles. The van der Waals surface area contributed by atoms with Crippen LogP contribution in [0, 0.1) is 0 Å². The summed E-state index contributed by atoms with van der Waals surface area (Å²) in [5.74, 6) is 0. The lowest BCUT2D eigenvalue weighted by molar-refractivity contribution is -0.137. The Morgan fingerprint density at radius 3 is 2.76 bits per heavy atom. The Kier molecular flexibility index (Phi) is 5.14. The Morgan fingerprint density at radius 1 is 1.43 bits per heavy atom. The van der Waals surface area contributed by atoms with Crippen molar-refractivity contribution >= 4 is 11.6 Å². The summed E-state index contributed by atoms with van der Waals surface area (Å²) in [7, 11) is 0. The van der Waals surface area contributed by atoms with Crippen LogP contribution >= 0.6 is 11.6 Å². The summed E-state index contributed by atoms with van der Waals surface area (Å²) in [6.07, 6.45) is -4.76. The first-order chi connectivity index (χ1) is 9.81. The molecule has 0 spiro atoms. The fourth-order valence-electron chi connectivity index (χ4n) is 2.33. The second-order valence-electron chi connectivity index (χ2n) is 5.23. The number of aliphatic hydroxyl groups excluding tert-OH is 1. The number of hydrogen-bond acceptors (Lipinski definition) is 3. The maximum absolute atomic E-state index is 12.8. The van der Waals surface area contributed by atoms with Crippen molar-refractivity contribution in [3.63, 3.8) is 0 Å². The number of ether oxygens (including phenoxy) is 1. The van der Waals surface area contributed by atoms with Crippen LogP contribution in [0.3, 0.4) is 0 Å². The molecule has 2 unspecified atom stereocenters. The van der Waals surface area contributed by atoms with Gasteiger partial charge in [0.25, 0.3) is 0 Å². The Bertz CT molecular complexity index is 496. The molecule has 1 aromatic rings. The van der Waals surface area contributed by atoms with Gasteiger partial charge in [0, 0.05) is 19.1 Å². The van der Waals surface area contributed by atoms with Crippen molar-refractivity contribution in [2.24, 2.45) is 0 Å². The third-order valence-electron chi connectivity index (χ3n) is 3.56. The summed E-state index contributed by atoms with van der Waals surface area (Å²) in [5.41, 5.74) is -0.279. The number of hydrogen-bond donors (Lipinski definition) is 1. The molecule has 0 aliphatic carbocycles. The molecule has 21 heavy (non-hydrogen) atoms. The van der Waals surface area contributed by atoms with Crippen LogP contribution in [0.1, 0.15) is 18.1 Å². The quantitative estimate of drug-likeness (QED) is 0.928. The van der Waals surface area contributed by atoms with Gasteiger partial charge in [-0.1, -0.05) is 17.7 Å². The number of halogens is 4. The van der Waals surface area contributed by atoms with Gasteiger partial charge < -0.3 is 9.84 Å². The van der Waals surface area contributed by atoms with Crippen LogP contribution in [0.4, 0.5) is 13.2 Å². The summed E-state index contributed by atoms with van der Waals surface area (Å²) in [5, 5.41) is 8.83.